The zero-order valence-corrected chi connectivity index (χ0v) is 13.4. The van der Waals surface area contributed by atoms with E-state index in [9.17, 15) is 5.11 Å². The normalized spacial score (nSPS) is 30.0. The van der Waals surface area contributed by atoms with E-state index < -0.39 is 6.10 Å². The number of nitrogens with zero attached hydrogens (tertiary/aromatic N) is 1. The van der Waals surface area contributed by atoms with Gasteiger partial charge in [0.05, 0.1) is 6.04 Å². The van der Waals surface area contributed by atoms with E-state index >= 15 is 0 Å². The molecule has 2 aliphatic heterocycles. The quantitative estimate of drug-likeness (QED) is 0.906. The van der Waals surface area contributed by atoms with E-state index in [2.05, 4.69) is 43.9 Å². The number of benzene rings is 1. The predicted octanol–water partition coefficient (Wildman–Crippen LogP) is 3.34. The fraction of sp³-hybridized carbons (Fsp3) is 0.667. The predicted molar refractivity (Wildman–Crippen MR) is 84.7 cm³/mol. The number of para-hydroxylation sites is 1. The van der Waals surface area contributed by atoms with E-state index in [1.165, 1.54) is 24.0 Å². The van der Waals surface area contributed by atoms with Gasteiger partial charge in [0.15, 0.2) is 0 Å². The van der Waals surface area contributed by atoms with Gasteiger partial charge in [0.2, 0.25) is 0 Å². The first-order valence-corrected chi connectivity index (χ1v) is 8.25. The minimum Gasteiger partial charge on any atom is -0.490 e. The van der Waals surface area contributed by atoms with Gasteiger partial charge in [-0.3, -0.25) is 4.90 Å². The second kappa shape index (κ2) is 5.98. The van der Waals surface area contributed by atoms with Crippen molar-refractivity contribution in [1.29, 1.82) is 0 Å². The fourth-order valence-corrected chi connectivity index (χ4v) is 3.81. The van der Waals surface area contributed by atoms with Crippen LogP contribution in [0.15, 0.2) is 18.2 Å². The average Bonchev–Trinajstić information content (AvgIpc) is 2.46. The molecule has 0 radical (unpaired) electrons. The van der Waals surface area contributed by atoms with Crippen molar-refractivity contribution < 1.29 is 9.84 Å². The molecule has 3 atom stereocenters. The Hall–Kier alpha value is -1.06. The van der Waals surface area contributed by atoms with Crippen LogP contribution in [-0.4, -0.2) is 35.8 Å². The molecule has 1 aromatic rings. The monoisotopic (exact) mass is 289 g/mol. The maximum atomic E-state index is 10.5. The molecule has 2 aliphatic rings. The number of rotatable bonds is 2. The van der Waals surface area contributed by atoms with Gasteiger partial charge in [-0.15, -0.1) is 0 Å². The largest absolute Gasteiger partial charge is 0.490 e. The van der Waals surface area contributed by atoms with Gasteiger partial charge in [0.25, 0.3) is 0 Å². The molecule has 3 rings (SSSR count). The lowest BCUT2D eigenvalue weighted by Gasteiger charge is -2.42. The van der Waals surface area contributed by atoms with Crippen molar-refractivity contribution in [3.05, 3.63) is 29.3 Å². The summed E-state index contributed by atoms with van der Waals surface area (Å²) in [5, 5.41) is 10.5. The van der Waals surface area contributed by atoms with Gasteiger partial charge in [-0.05, 0) is 36.8 Å². The molecule has 1 N–H and O–H groups in total. The number of ether oxygens (including phenoxy) is 1. The highest BCUT2D eigenvalue weighted by Crippen LogP contribution is 2.41. The van der Waals surface area contributed by atoms with Gasteiger partial charge in [-0.1, -0.05) is 39.0 Å². The summed E-state index contributed by atoms with van der Waals surface area (Å²) in [7, 11) is 0. The Morgan fingerprint density at radius 2 is 2.14 bits per heavy atom. The summed E-state index contributed by atoms with van der Waals surface area (Å²) in [6.07, 6.45) is 2.10. The third-order valence-electron chi connectivity index (χ3n) is 4.86. The van der Waals surface area contributed by atoms with E-state index in [0.29, 0.717) is 18.4 Å². The number of hydrogen-bond acceptors (Lipinski definition) is 3. The first-order valence-electron chi connectivity index (χ1n) is 8.25. The van der Waals surface area contributed by atoms with Crippen LogP contribution in [-0.2, 0) is 0 Å². The highest BCUT2D eigenvalue weighted by Gasteiger charge is 2.36. The van der Waals surface area contributed by atoms with Gasteiger partial charge < -0.3 is 9.84 Å². The molecule has 116 valence electrons. The number of likely N-dealkylation sites (tertiary alicyclic amines) is 1. The van der Waals surface area contributed by atoms with E-state index in [-0.39, 0.29) is 6.04 Å². The number of piperidine rings is 1. The molecule has 0 bridgehead atoms. The maximum absolute atomic E-state index is 10.5. The Kier molecular flexibility index (Phi) is 4.23. The molecule has 2 heterocycles. The van der Waals surface area contributed by atoms with Crippen LogP contribution in [0.5, 0.6) is 5.75 Å². The van der Waals surface area contributed by atoms with Crippen molar-refractivity contribution in [3.63, 3.8) is 0 Å². The Balaban J connectivity index is 1.97. The first kappa shape index (κ1) is 14.9. The molecule has 1 saturated heterocycles. The van der Waals surface area contributed by atoms with Crippen LogP contribution in [0.1, 0.15) is 56.7 Å². The maximum Gasteiger partial charge on any atom is 0.127 e. The van der Waals surface area contributed by atoms with Gasteiger partial charge >= 0.3 is 0 Å². The van der Waals surface area contributed by atoms with Crippen molar-refractivity contribution in [3.8, 4) is 5.75 Å². The standard InChI is InChI=1S/C18H27NO2/c1-12(2)14-7-4-8-15-17(16(20)11-21-18(14)15)19-9-5-6-13(3)10-19/h4,7-8,12-13,16-17,20H,5-6,9-11H2,1-3H3. The molecule has 0 aliphatic carbocycles. The molecule has 3 heteroatoms. The summed E-state index contributed by atoms with van der Waals surface area (Å²) in [5.41, 5.74) is 2.43. The van der Waals surface area contributed by atoms with Gasteiger partial charge in [0.1, 0.15) is 18.5 Å². The van der Waals surface area contributed by atoms with Crippen molar-refractivity contribution in [1.82, 2.24) is 4.90 Å². The van der Waals surface area contributed by atoms with Gasteiger partial charge in [0, 0.05) is 12.1 Å². The van der Waals surface area contributed by atoms with Gasteiger partial charge in [-0.2, -0.15) is 0 Å². The molecule has 0 aromatic heterocycles. The van der Waals surface area contributed by atoms with Crippen LogP contribution < -0.4 is 4.74 Å². The molecule has 1 fully saturated rings. The van der Waals surface area contributed by atoms with Crippen LogP contribution in [0.4, 0.5) is 0 Å². The molecular weight excluding hydrogens is 262 g/mol. The summed E-state index contributed by atoms with van der Waals surface area (Å²) >= 11 is 0. The Bertz CT molecular complexity index is 500. The zero-order chi connectivity index (χ0) is 15.0. The minimum absolute atomic E-state index is 0.0928. The minimum atomic E-state index is -0.426. The highest BCUT2D eigenvalue weighted by molar-refractivity contribution is 5.46. The number of fused-ring (bicyclic) bond motifs is 1. The fourth-order valence-electron chi connectivity index (χ4n) is 3.81. The van der Waals surface area contributed by atoms with E-state index in [4.69, 9.17) is 4.74 Å². The second-order valence-corrected chi connectivity index (χ2v) is 6.99. The topological polar surface area (TPSA) is 32.7 Å². The zero-order valence-electron chi connectivity index (χ0n) is 13.4. The first-order chi connectivity index (χ1) is 10.1. The summed E-state index contributed by atoms with van der Waals surface area (Å²) in [4.78, 5) is 2.46. The molecule has 0 saturated carbocycles. The number of aliphatic hydroxyl groups is 1. The molecule has 3 unspecified atom stereocenters. The second-order valence-electron chi connectivity index (χ2n) is 6.99. The van der Waals surface area contributed by atoms with E-state index in [0.717, 1.165) is 18.8 Å². The third-order valence-corrected chi connectivity index (χ3v) is 4.86. The summed E-state index contributed by atoms with van der Waals surface area (Å²) in [6, 6.07) is 6.48. The Morgan fingerprint density at radius 1 is 1.33 bits per heavy atom. The smallest absolute Gasteiger partial charge is 0.127 e. The summed E-state index contributed by atoms with van der Waals surface area (Å²) in [5.74, 6) is 2.17. The summed E-state index contributed by atoms with van der Waals surface area (Å²) < 4.78 is 5.90. The lowest BCUT2D eigenvalue weighted by Crippen LogP contribution is -2.46. The molecule has 0 spiro atoms. The van der Waals surface area contributed by atoms with Crippen molar-refractivity contribution in [2.45, 2.75) is 51.7 Å². The molecule has 21 heavy (non-hydrogen) atoms. The number of hydrogen-bond donors (Lipinski definition) is 1. The summed E-state index contributed by atoms with van der Waals surface area (Å²) in [6.45, 7) is 9.27. The lowest BCUT2D eigenvalue weighted by molar-refractivity contribution is -0.0144. The lowest BCUT2D eigenvalue weighted by atomic mass is 9.89. The van der Waals surface area contributed by atoms with Crippen LogP contribution in [0, 0.1) is 5.92 Å². The van der Waals surface area contributed by atoms with Crippen LogP contribution in [0.25, 0.3) is 0 Å². The Labute approximate surface area is 127 Å². The van der Waals surface area contributed by atoms with Crippen molar-refractivity contribution in [2.75, 3.05) is 19.7 Å². The van der Waals surface area contributed by atoms with Crippen molar-refractivity contribution in [2.24, 2.45) is 5.92 Å². The SMILES string of the molecule is CC1CCCN(C2c3cccc(C(C)C)c3OCC2O)C1. The van der Waals surface area contributed by atoms with Gasteiger partial charge in [-0.25, -0.2) is 0 Å². The highest BCUT2D eigenvalue weighted by atomic mass is 16.5. The van der Waals surface area contributed by atoms with E-state index in [1.54, 1.807) is 0 Å². The third kappa shape index (κ3) is 2.82. The molecule has 3 nitrogen and oxygen atoms in total. The van der Waals surface area contributed by atoms with Crippen LogP contribution in [0.2, 0.25) is 0 Å². The van der Waals surface area contributed by atoms with Crippen molar-refractivity contribution >= 4 is 0 Å². The molecule has 0 amide bonds. The van der Waals surface area contributed by atoms with Crippen LogP contribution in [0.3, 0.4) is 0 Å². The van der Waals surface area contributed by atoms with Crippen LogP contribution >= 0.6 is 0 Å². The number of aliphatic hydroxyl groups excluding tert-OH is 1. The average molecular weight is 289 g/mol. The Morgan fingerprint density at radius 3 is 2.86 bits per heavy atom. The molecule has 1 aromatic carbocycles. The molecular formula is C18H27NO2. The van der Waals surface area contributed by atoms with E-state index in [1.807, 2.05) is 0 Å².